The molecule has 2 aromatic rings. The molecule has 0 radical (unpaired) electrons. The van der Waals surface area contributed by atoms with Gasteiger partial charge in [-0.15, -0.1) is 10.2 Å². The van der Waals surface area contributed by atoms with Crippen LogP contribution < -0.4 is 4.74 Å². The Morgan fingerprint density at radius 3 is 2.57 bits per heavy atom. The third-order valence-electron chi connectivity index (χ3n) is 5.62. The zero-order valence-corrected chi connectivity index (χ0v) is 16.9. The van der Waals surface area contributed by atoms with E-state index in [4.69, 9.17) is 4.74 Å². The molecule has 2 heterocycles. The van der Waals surface area contributed by atoms with Gasteiger partial charge in [0.2, 0.25) is 0 Å². The van der Waals surface area contributed by atoms with Crippen molar-refractivity contribution >= 4 is 5.78 Å². The van der Waals surface area contributed by atoms with E-state index in [2.05, 4.69) is 20.4 Å². The van der Waals surface area contributed by atoms with Crippen molar-refractivity contribution in [2.24, 2.45) is 13.0 Å². The van der Waals surface area contributed by atoms with Crippen molar-refractivity contribution in [3.05, 3.63) is 29.3 Å². The van der Waals surface area contributed by atoms with E-state index >= 15 is 0 Å². The molecule has 2 aromatic heterocycles. The van der Waals surface area contributed by atoms with E-state index in [1.54, 1.807) is 7.05 Å². The molecule has 10 heteroatoms. The number of Topliss-reactive ketones (excluding diaryl/α,β-unsaturated/α-hetero) is 1. The van der Waals surface area contributed by atoms with Crippen LogP contribution in [0.15, 0.2) is 12.3 Å². The molecule has 2 saturated carbocycles. The van der Waals surface area contributed by atoms with Gasteiger partial charge in [-0.2, -0.15) is 18.0 Å². The predicted molar refractivity (Wildman–Crippen MR) is 100 cm³/mol. The van der Waals surface area contributed by atoms with E-state index < -0.39 is 18.2 Å². The van der Waals surface area contributed by atoms with Gasteiger partial charge in [-0.1, -0.05) is 19.8 Å². The zero-order valence-electron chi connectivity index (χ0n) is 16.9. The fourth-order valence-corrected chi connectivity index (χ4v) is 3.76. The lowest BCUT2D eigenvalue weighted by Gasteiger charge is -2.25. The lowest BCUT2D eigenvalue weighted by molar-refractivity contribution is -0.153. The highest BCUT2D eigenvalue weighted by Gasteiger charge is 2.40. The Hall–Kier alpha value is -2.52. The Labute approximate surface area is 172 Å². The standard InChI is InChI=1S/C20H24F3N5O2/c1-19(8-12-3-4-12,18-25-27-28(2)26-18)9-16(29)15-7-17(30-11-20(21,22)23)14(10-24-15)13-5-6-13/h7,10,12-13H,3-6,8-9,11H2,1-2H3. The topological polar surface area (TPSA) is 82.8 Å². The molecular formula is C20H24F3N5O2. The molecule has 30 heavy (non-hydrogen) atoms. The summed E-state index contributed by atoms with van der Waals surface area (Å²) in [4.78, 5) is 18.7. The number of carbonyl (C=O) groups excluding carboxylic acids is 1. The first-order valence-corrected chi connectivity index (χ1v) is 10.1. The van der Waals surface area contributed by atoms with Gasteiger partial charge in [0.1, 0.15) is 11.4 Å². The summed E-state index contributed by atoms with van der Waals surface area (Å²) in [5.41, 5.74) is 0.116. The molecule has 0 spiro atoms. The van der Waals surface area contributed by atoms with Gasteiger partial charge >= 0.3 is 6.18 Å². The summed E-state index contributed by atoms with van der Waals surface area (Å²) in [7, 11) is 1.66. The summed E-state index contributed by atoms with van der Waals surface area (Å²) in [6.45, 7) is 0.535. The number of rotatable bonds is 9. The van der Waals surface area contributed by atoms with Crippen molar-refractivity contribution in [2.45, 2.75) is 63.0 Å². The second-order valence-electron chi connectivity index (χ2n) is 8.70. The van der Waals surface area contributed by atoms with Gasteiger partial charge in [0, 0.05) is 29.7 Å². The number of pyridine rings is 1. The molecule has 0 bridgehead atoms. The Balaban J connectivity index is 1.56. The maximum absolute atomic E-state index is 13.1. The lowest BCUT2D eigenvalue weighted by Crippen LogP contribution is -2.29. The highest BCUT2D eigenvalue weighted by atomic mass is 19.4. The Kier molecular flexibility index (Phi) is 5.27. The Morgan fingerprint density at radius 1 is 1.27 bits per heavy atom. The predicted octanol–water partition coefficient (Wildman–Crippen LogP) is 3.75. The molecule has 2 aliphatic carbocycles. The molecule has 162 valence electrons. The van der Waals surface area contributed by atoms with Crippen LogP contribution in [0.25, 0.3) is 0 Å². The van der Waals surface area contributed by atoms with E-state index in [1.165, 1.54) is 17.1 Å². The zero-order chi connectivity index (χ0) is 21.5. The lowest BCUT2D eigenvalue weighted by atomic mass is 9.78. The molecule has 0 amide bonds. The molecule has 0 aromatic carbocycles. The monoisotopic (exact) mass is 423 g/mol. The highest BCUT2D eigenvalue weighted by molar-refractivity contribution is 5.95. The van der Waals surface area contributed by atoms with Crippen LogP contribution in [-0.2, 0) is 12.5 Å². The first-order chi connectivity index (χ1) is 14.1. The van der Waals surface area contributed by atoms with Gasteiger partial charge in [0.15, 0.2) is 18.2 Å². The smallest absolute Gasteiger partial charge is 0.422 e. The summed E-state index contributed by atoms with van der Waals surface area (Å²) in [5.74, 6) is 0.976. The van der Waals surface area contributed by atoms with E-state index in [9.17, 15) is 18.0 Å². The number of aromatic nitrogens is 5. The van der Waals surface area contributed by atoms with Crippen LogP contribution in [-0.4, -0.2) is 43.8 Å². The number of alkyl halides is 3. The van der Waals surface area contributed by atoms with Crippen molar-refractivity contribution < 1.29 is 22.7 Å². The summed E-state index contributed by atoms with van der Waals surface area (Å²) in [6, 6.07) is 1.35. The largest absolute Gasteiger partial charge is 0.484 e. The maximum atomic E-state index is 13.1. The van der Waals surface area contributed by atoms with Crippen LogP contribution >= 0.6 is 0 Å². The first-order valence-electron chi connectivity index (χ1n) is 10.1. The minimum atomic E-state index is -4.45. The van der Waals surface area contributed by atoms with Gasteiger partial charge in [0.25, 0.3) is 0 Å². The van der Waals surface area contributed by atoms with Crippen molar-refractivity contribution in [1.82, 2.24) is 25.2 Å². The minimum Gasteiger partial charge on any atom is -0.484 e. The quantitative estimate of drug-likeness (QED) is 0.571. The van der Waals surface area contributed by atoms with E-state index in [-0.39, 0.29) is 29.6 Å². The second-order valence-corrected chi connectivity index (χ2v) is 8.70. The molecule has 0 aliphatic heterocycles. The number of hydrogen-bond donors (Lipinski definition) is 0. The van der Waals surface area contributed by atoms with Gasteiger partial charge in [-0.3, -0.25) is 9.78 Å². The molecule has 7 nitrogen and oxygen atoms in total. The second kappa shape index (κ2) is 7.63. The van der Waals surface area contributed by atoms with Crippen LogP contribution in [0, 0.1) is 5.92 Å². The summed E-state index contributed by atoms with van der Waals surface area (Å²) in [5, 5.41) is 12.3. The van der Waals surface area contributed by atoms with E-state index in [0.717, 1.165) is 32.1 Å². The maximum Gasteiger partial charge on any atom is 0.422 e. The van der Waals surface area contributed by atoms with Gasteiger partial charge in [-0.25, -0.2) is 0 Å². The van der Waals surface area contributed by atoms with Crippen LogP contribution in [0.4, 0.5) is 13.2 Å². The molecule has 1 atom stereocenters. The molecule has 1 unspecified atom stereocenters. The summed E-state index contributed by atoms with van der Waals surface area (Å²) >= 11 is 0. The molecule has 2 aliphatic rings. The Morgan fingerprint density at radius 2 is 2.00 bits per heavy atom. The number of carbonyl (C=O) groups is 1. The summed E-state index contributed by atoms with van der Waals surface area (Å²) in [6.07, 6.45) is 1.86. The number of tetrazole rings is 1. The van der Waals surface area contributed by atoms with Crippen LogP contribution in [0.2, 0.25) is 0 Å². The van der Waals surface area contributed by atoms with Crippen LogP contribution in [0.1, 0.15) is 73.2 Å². The van der Waals surface area contributed by atoms with Crippen molar-refractivity contribution in [2.75, 3.05) is 6.61 Å². The third kappa shape index (κ3) is 4.96. The number of ketones is 1. The minimum absolute atomic E-state index is 0.0923. The molecule has 0 saturated heterocycles. The van der Waals surface area contributed by atoms with Gasteiger partial charge < -0.3 is 4.74 Å². The van der Waals surface area contributed by atoms with Gasteiger partial charge in [-0.05, 0) is 36.3 Å². The average molecular weight is 423 g/mol. The Bertz CT molecular complexity index is 937. The third-order valence-corrected chi connectivity index (χ3v) is 5.62. The number of aryl methyl sites for hydroxylation is 1. The number of nitrogens with zero attached hydrogens (tertiary/aromatic N) is 5. The van der Waals surface area contributed by atoms with Gasteiger partial charge in [0.05, 0.1) is 7.05 Å². The van der Waals surface area contributed by atoms with Crippen molar-refractivity contribution in [3.63, 3.8) is 0 Å². The molecular weight excluding hydrogens is 399 g/mol. The summed E-state index contributed by atoms with van der Waals surface area (Å²) < 4.78 is 43.0. The fourth-order valence-electron chi connectivity index (χ4n) is 3.76. The number of halogens is 3. The van der Waals surface area contributed by atoms with E-state index in [1.807, 2.05) is 6.92 Å². The number of hydrogen-bond acceptors (Lipinski definition) is 6. The molecule has 2 fully saturated rings. The van der Waals surface area contributed by atoms with Crippen LogP contribution in [0.3, 0.4) is 0 Å². The molecule has 4 rings (SSSR count). The van der Waals surface area contributed by atoms with E-state index in [0.29, 0.717) is 17.3 Å². The van der Waals surface area contributed by atoms with Crippen molar-refractivity contribution in [3.8, 4) is 5.75 Å². The first kappa shape index (κ1) is 20.7. The molecule has 0 N–H and O–H groups in total. The van der Waals surface area contributed by atoms with Crippen molar-refractivity contribution in [1.29, 1.82) is 0 Å². The fraction of sp³-hybridized carbons (Fsp3) is 0.650. The highest BCUT2D eigenvalue weighted by Crippen LogP contribution is 2.45. The normalized spacial score (nSPS) is 18.8. The average Bonchev–Trinajstić information content (AvgIpc) is 3.59. The number of ether oxygens (including phenoxy) is 1. The SMILES string of the molecule is Cn1nnc(C(C)(CC(=O)c2cc(OCC(F)(F)F)c(C3CC3)cn2)CC2CC2)n1. The van der Waals surface area contributed by atoms with Crippen LogP contribution in [0.5, 0.6) is 5.75 Å².